The zero-order chi connectivity index (χ0) is 17.3. The number of phenols is 1. The predicted molar refractivity (Wildman–Crippen MR) is 96.6 cm³/mol. The zero-order valence-corrected chi connectivity index (χ0v) is 14.4. The van der Waals surface area contributed by atoms with Gasteiger partial charge in [0.25, 0.3) is 0 Å². The summed E-state index contributed by atoms with van der Waals surface area (Å²) in [6.45, 7) is 6.05. The van der Waals surface area contributed by atoms with Gasteiger partial charge in [-0.05, 0) is 56.5 Å². The van der Waals surface area contributed by atoms with E-state index in [0.717, 1.165) is 11.1 Å². The molecule has 0 aliphatic carbocycles. The molecule has 3 heteroatoms. The monoisotopic (exact) mass is 324 g/mol. The molecular formula is C21H24O3. The lowest BCUT2D eigenvalue weighted by molar-refractivity contribution is 0.158. The van der Waals surface area contributed by atoms with Crippen LogP contribution in [0.2, 0.25) is 0 Å². The van der Waals surface area contributed by atoms with E-state index in [4.69, 9.17) is 4.74 Å². The van der Waals surface area contributed by atoms with Crippen molar-refractivity contribution in [1.82, 2.24) is 0 Å². The van der Waals surface area contributed by atoms with E-state index in [-0.39, 0.29) is 23.9 Å². The first-order valence-corrected chi connectivity index (χ1v) is 8.30. The average molecular weight is 324 g/mol. The normalized spacial score (nSPS) is 16.3. The Morgan fingerprint density at radius 1 is 1.08 bits per heavy atom. The van der Waals surface area contributed by atoms with Crippen molar-refractivity contribution in [2.24, 2.45) is 0 Å². The van der Waals surface area contributed by atoms with Crippen molar-refractivity contribution in [3.8, 4) is 11.5 Å². The van der Waals surface area contributed by atoms with E-state index in [1.54, 1.807) is 0 Å². The fourth-order valence-corrected chi connectivity index (χ4v) is 3.04. The molecule has 0 amide bonds. The number of fused-ring (bicyclic) bond motifs is 1. The van der Waals surface area contributed by atoms with Gasteiger partial charge in [0.2, 0.25) is 0 Å². The number of aryl methyl sites for hydroxylation is 1. The van der Waals surface area contributed by atoms with Crippen molar-refractivity contribution in [3.05, 3.63) is 64.7 Å². The molecule has 2 aromatic carbocycles. The topological polar surface area (TPSA) is 49.7 Å². The van der Waals surface area contributed by atoms with Gasteiger partial charge in [0.15, 0.2) is 0 Å². The van der Waals surface area contributed by atoms with Crippen molar-refractivity contribution in [2.75, 3.05) is 6.61 Å². The Morgan fingerprint density at radius 3 is 2.46 bits per heavy atom. The van der Waals surface area contributed by atoms with Gasteiger partial charge in [-0.25, -0.2) is 0 Å². The Kier molecular flexibility index (Phi) is 4.37. The second-order valence-electron chi connectivity index (χ2n) is 7.02. The Bertz CT molecular complexity index is 757. The standard InChI is InChI=1S/C21H24O3/c1-14-4-6-15(7-5-14)17(13-22)12-16-8-9-19-18(20(16)23)10-11-21(2,3)24-19/h4-11,17,22-23H,12-13H2,1-3H3. The van der Waals surface area contributed by atoms with Crippen LogP contribution < -0.4 is 4.74 Å². The van der Waals surface area contributed by atoms with Crippen LogP contribution in [0.1, 0.15) is 42.0 Å². The highest BCUT2D eigenvalue weighted by Crippen LogP contribution is 2.39. The zero-order valence-electron chi connectivity index (χ0n) is 14.4. The summed E-state index contributed by atoms with van der Waals surface area (Å²) in [7, 11) is 0. The number of hydrogen-bond acceptors (Lipinski definition) is 3. The number of hydrogen-bond donors (Lipinski definition) is 2. The molecule has 24 heavy (non-hydrogen) atoms. The van der Waals surface area contributed by atoms with Crippen LogP contribution in [0, 0.1) is 6.92 Å². The van der Waals surface area contributed by atoms with Crippen LogP contribution in [0.4, 0.5) is 0 Å². The summed E-state index contributed by atoms with van der Waals surface area (Å²) in [5.74, 6) is 0.893. The third kappa shape index (κ3) is 3.31. The third-order valence-electron chi connectivity index (χ3n) is 4.52. The fraction of sp³-hybridized carbons (Fsp3) is 0.333. The van der Waals surface area contributed by atoms with Crippen molar-refractivity contribution in [3.63, 3.8) is 0 Å². The van der Waals surface area contributed by atoms with E-state index in [0.29, 0.717) is 17.7 Å². The van der Waals surface area contributed by atoms with Crippen LogP contribution in [0.3, 0.4) is 0 Å². The Balaban J connectivity index is 1.89. The van der Waals surface area contributed by atoms with E-state index in [1.165, 1.54) is 5.56 Å². The fourth-order valence-electron chi connectivity index (χ4n) is 3.04. The third-order valence-corrected chi connectivity index (χ3v) is 4.52. The lowest BCUT2D eigenvalue weighted by atomic mass is 9.90. The molecule has 1 unspecified atom stereocenters. The van der Waals surface area contributed by atoms with Gasteiger partial charge in [0, 0.05) is 5.92 Å². The summed E-state index contributed by atoms with van der Waals surface area (Å²) >= 11 is 0. The Morgan fingerprint density at radius 2 is 1.79 bits per heavy atom. The maximum absolute atomic E-state index is 10.6. The van der Waals surface area contributed by atoms with Gasteiger partial charge < -0.3 is 14.9 Å². The second kappa shape index (κ2) is 6.33. The summed E-state index contributed by atoms with van der Waals surface area (Å²) < 4.78 is 5.89. The molecule has 0 radical (unpaired) electrons. The number of rotatable bonds is 4. The first kappa shape index (κ1) is 16.6. The van der Waals surface area contributed by atoms with E-state index in [9.17, 15) is 10.2 Å². The van der Waals surface area contributed by atoms with Gasteiger partial charge in [-0.1, -0.05) is 35.9 Å². The van der Waals surface area contributed by atoms with E-state index < -0.39 is 0 Å². The molecule has 1 heterocycles. The van der Waals surface area contributed by atoms with Crippen LogP contribution in [0.25, 0.3) is 6.08 Å². The maximum Gasteiger partial charge on any atom is 0.131 e. The van der Waals surface area contributed by atoms with E-state index in [2.05, 4.69) is 0 Å². The number of ether oxygens (including phenoxy) is 1. The van der Waals surface area contributed by atoms with Gasteiger partial charge in [0.05, 0.1) is 12.2 Å². The molecule has 0 saturated carbocycles. The lowest BCUT2D eigenvalue weighted by Gasteiger charge is -2.29. The van der Waals surface area contributed by atoms with Crippen LogP contribution in [0.15, 0.2) is 42.5 Å². The molecule has 126 valence electrons. The molecule has 0 bridgehead atoms. The quantitative estimate of drug-likeness (QED) is 0.886. The Hall–Kier alpha value is -2.26. The summed E-state index contributed by atoms with van der Waals surface area (Å²) in [5.41, 5.74) is 3.44. The molecule has 2 N–H and O–H groups in total. The number of aliphatic hydroxyl groups is 1. The number of phenolic OH excluding ortho intramolecular Hbond substituents is 1. The maximum atomic E-state index is 10.6. The minimum atomic E-state index is -0.365. The molecule has 0 fully saturated rings. The van der Waals surface area contributed by atoms with E-state index >= 15 is 0 Å². The van der Waals surface area contributed by atoms with Crippen molar-refractivity contribution < 1.29 is 14.9 Å². The summed E-state index contributed by atoms with van der Waals surface area (Å²) in [5, 5.41) is 20.4. The van der Waals surface area contributed by atoms with E-state index in [1.807, 2.05) is 69.3 Å². The smallest absolute Gasteiger partial charge is 0.131 e. The molecule has 0 spiro atoms. The van der Waals surface area contributed by atoms with Crippen LogP contribution in [-0.2, 0) is 6.42 Å². The van der Waals surface area contributed by atoms with Gasteiger partial charge in [0.1, 0.15) is 17.1 Å². The minimum absolute atomic E-state index is 0.0406. The number of aromatic hydroxyl groups is 1. The largest absolute Gasteiger partial charge is 0.507 e. The van der Waals surface area contributed by atoms with Gasteiger partial charge in [-0.3, -0.25) is 0 Å². The molecular weight excluding hydrogens is 300 g/mol. The van der Waals surface area contributed by atoms with Gasteiger partial charge in [-0.2, -0.15) is 0 Å². The summed E-state index contributed by atoms with van der Waals surface area (Å²) in [6.07, 6.45) is 4.44. The molecule has 2 aromatic rings. The molecule has 1 aliphatic heterocycles. The average Bonchev–Trinajstić information content (AvgIpc) is 2.54. The summed E-state index contributed by atoms with van der Waals surface area (Å²) in [6, 6.07) is 12.0. The Labute approximate surface area is 143 Å². The van der Waals surface area contributed by atoms with Crippen molar-refractivity contribution in [1.29, 1.82) is 0 Å². The lowest BCUT2D eigenvalue weighted by Crippen LogP contribution is -2.27. The molecule has 3 rings (SSSR count). The molecule has 0 aromatic heterocycles. The van der Waals surface area contributed by atoms with Crippen LogP contribution in [-0.4, -0.2) is 22.4 Å². The molecule has 3 nitrogen and oxygen atoms in total. The minimum Gasteiger partial charge on any atom is -0.507 e. The molecule has 1 aliphatic rings. The van der Waals surface area contributed by atoms with Gasteiger partial charge in [-0.15, -0.1) is 0 Å². The highest BCUT2D eigenvalue weighted by molar-refractivity contribution is 5.68. The summed E-state index contributed by atoms with van der Waals surface area (Å²) in [4.78, 5) is 0. The first-order valence-electron chi connectivity index (χ1n) is 8.30. The number of aliphatic hydroxyl groups excluding tert-OH is 1. The highest BCUT2D eigenvalue weighted by atomic mass is 16.5. The van der Waals surface area contributed by atoms with Gasteiger partial charge >= 0.3 is 0 Å². The highest BCUT2D eigenvalue weighted by Gasteiger charge is 2.25. The predicted octanol–water partition coefficient (Wildman–Crippen LogP) is 4.20. The second-order valence-corrected chi connectivity index (χ2v) is 7.02. The van der Waals surface area contributed by atoms with Crippen LogP contribution >= 0.6 is 0 Å². The molecule has 0 saturated heterocycles. The molecule has 1 atom stereocenters. The first-order chi connectivity index (χ1) is 11.4. The SMILES string of the molecule is Cc1ccc(C(CO)Cc2ccc3c(c2O)C=CC(C)(C)O3)cc1. The van der Waals surface area contributed by atoms with Crippen molar-refractivity contribution >= 4 is 6.08 Å². The van der Waals surface area contributed by atoms with Crippen LogP contribution in [0.5, 0.6) is 11.5 Å². The van der Waals surface area contributed by atoms with Crippen molar-refractivity contribution in [2.45, 2.75) is 38.7 Å². The number of benzene rings is 2.